The van der Waals surface area contributed by atoms with Gasteiger partial charge in [-0.1, -0.05) is 0 Å². The van der Waals surface area contributed by atoms with Crippen LogP contribution in [0, 0.1) is 5.92 Å². The van der Waals surface area contributed by atoms with E-state index in [0.717, 1.165) is 48.3 Å². The number of nitrogens with zero attached hydrogens (tertiary/aromatic N) is 4. The predicted molar refractivity (Wildman–Crippen MR) is 92.7 cm³/mol. The number of nitrogens with one attached hydrogen (secondary N) is 1. The second-order valence-electron chi connectivity index (χ2n) is 6.21. The van der Waals surface area contributed by atoms with Crippen molar-refractivity contribution in [1.29, 1.82) is 0 Å². The molecule has 1 N–H and O–H groups in total. The highest BCUT2D eigenvalue weighted by Gasteiger charge is 2.29. The van der Waals surface area contributed by atoms with Gasteiger partial charge in [0.1, 0.15) is 6.10 Å². The molecular formula is C18H21N5O. The summed E-state index contributed by atoms with van der Waals surface area (Å²) in [6, 6.07) is 5.99. The van der Waals surface area contributed by atoms with Crippen LogP contribution in [-0.2, 0) is 11.8 Å². The van der Waals surface area contributed by atoms with E-state index in [1.165, 1.54) is 0 Å². The van der Waals surface area contributed by atoms with Crippen molar-refractivity contribution >= 4 is 16.6 Å². The third-order valence-corrected chi connectivity index (χ3v) is 4.69. The minimum absolute atomic E-state index is 0.0879. The van der Waals surface area contributed by atoms with Crippen LogP contribution in [0.15, 0.2) is 43.0 Å². The quantitative estimate of drug-likeness (QED) is 0.800. The Morgan fingerprint density at radius 3 is 3.08 bits per heavy atom. The van der Waals surface area contributed by atoms with Crippen molar-refractivity contribution in [2.45, 2.75) is 18.9 Å². The van der Waals surface area contributed by atoms with Gasteiger partial charge < -0.3 is 10.1 Å². The van der Waals surface area contributed by atoms with Crippen LogP contribution in [0.4, 0.5) is 5.69 Å². The lowest BCUT2D eigenvalue weighted by molar-refractivity contribution is -0.0284. The van der Waals surface area contributed by atoms with Gasteiger partial charge in [0.2, 0.25) is 0 Å². The van der Waals surface area contributed by atoms with Gasteiger partial charge in [-0.25, -0.2) is 0 Å². The molecule has 24 heavy (non-hydrogen) atoms. The number of aryl methyl sites for hydroxylation is 1. The molecule has 0 radical (unpaired) electrons. The van der Waals surface area contributed by atoms with Gasteiger partial charge in [-0.2, -0.15) is 5.10 Å². The summed E-state index contributed by atoms with van der Waals surface area (Å²) in [6.45, 7) is 1.66. The van der Waals surface area contributed by atoms with E-state index >= 15 is 0 Å². The van der Waals surface area contributed by atoms with Crippen LogP contribution in [0.2, 0.25) is 0 Å². The summed E-state index contributed by atoms with van der Waals surface area (Å²) in [4.78, 5) is 8.61. The monoisotopic (exact) mass is 323 g/mol. The molecule has 1 aliphatic heterocycles. The Morgan fingerprint density at radius 1 is 1.25 bits per heavy atom. The first-order chi connectivity index (χ1) is 11.8. The van der Waals surface area contributed by atoms with Crippen molar-refractivity contribution in [1.82, 2.24) is 19.7 Å². The fraction of sp³-hybridized carbons (Fsp3) is 0.389. The number of rotatable bonds is 4. The Morgan fingerprint density at radius 2 is 2.21 bits per heavy atom. The van der Waals surface area contributed by atoms with Gasteiger partial charge >= 0.3 is 0 Å². The topological polar surface area (TPSA) is 64.9 Å². The molecule has 4 heterocycles. The van der Waals surface area contributed by atoms with Crippen molar-refractivity contribution in [3.63, 3.8) is 0 Å². The molecule has 0 saturated carbocycles. The molecule has 6 heteroatoms. The summed E-state index contributed by atoms with van der Waals surface area (Å²) < 4.78 is 7.98. The highest BCUT2D eigenvalue weighted by atomic mass is 16.5. The molecule has 0 unspecified atom stereocenters. The summed E-state index contributed by atoms with van der Waals surface area (Å²) >= 11 is 0. The van der Waals surface area contributed by atoms with Crippen molar-refractivity contribution in [3.05, 3.63) is 48.7 Å². The zero-order valence-electron chi connectivity index (χ0n) is 13.7. The fourth-order valence-corrected chi connectivity index (χ4v) is 3.43. The van der Waals surface area contributed by atoms with Crippen molar-refractivity contribution in [2.75, 3.05) is 18.5 Å². The minimum atomic E-state index is 0.0879. The van der Waals surface area contributed by atoms with Crippen LogP contribution in [0.5, 0.6) is 0 Å². The summed E-state index contributed by atoms with van der Waals surface area (Å²) in [7, 11) is 1.97. The zero-order chi connectivity index (χ0) is 16.4. The van der Waals surface area contributed by atoms with Gasteiger partial charge in [0, 0.05) is 62.0 Å². The van der Waals surface area contributed by atoms with E-state index in [2.05, 4.69) is 26.4 Å². The smallest absolute Gasteiger partial charge is 0.104 e. The Kier molecular flexibility index (Phi) is 4.13. The third kappa shape index (κ3) is 2.85. The number of hydrogen-bond donors (Lipinski definition) is 1. The lowest BCUT2D eigenvalue weighted by Crippen LogP contribution is -2.29. The second kappa shape index (κ2) is 6.57. The molecule has 0 bridgehead atoms. The number of ether oxygens (including phenoxy) is 1. The maximum Gasteiger partial charge on any atom is 0.104 e. The lowest BCUT2D eigenvalue weighted by atomic mass is 9.92. The molecule has 6 nitrogen and oxygen atoms in total. The van der Waals surface area contributed by atoms with Crippen molar-refractivity contribution < 1.29 is 4.74 Å². The minimum Gasteiger partial charge on any atom is -0.384 e. The Hall–Kier alpha value is -2.47. The molecule has 0 aromatic carbocycles. The van der Waals surface area contributed by atoms with E-state index < -0.39 is 0 Å². The second-order valence-corrected chi connectivity index (χ2v) is 6.21. The van der Waals surface area contributed by atoms with Crippen molar-refractivity contribution in [3.8, 4) is 0 Å². The van der Waals surface area contributed by atoms with E-state index in [9.17, 15) is 0 Å². The SMILES string of the molecule is Cn1nccc1[C@@H]1OCCC[C@H]1CNc1ccnc2ccncc12. The van der Waals surface area contributed by atoms with E-state index in [-0.39, 0.29) is 6.10 Å². The number of anilines is 1. The van der Waals surface area contributed by atoms with Gasteiger partial charge in [0.15, 0.2) is 0 Å². The predicted octanol–water partition coefficient (Wildman–Crippen LogP) is 2.94. The highest BCUT2D eigenvalue weighted by Crippen LogP contribution is 2.33. The summed E-state index contributed by atoms with van der Waals surface area (Å²) in [5.41, 5.74) is 3.17. The van der Waals surface area contributed by atoms with E-state index in [1.807, 2.05) is 42.5 Å². The molecule has 3 aromatic rings. The Balaban J connectivity index is 1.54. The summed E-state index contributed by atoms with van der Waals surface area (Å²) in [5.74, 6) is 0.411. The largest absolute Gasteiger partial charge is 0.384 e. The summed E-state index contributed by atoms with van der Waals surface area (Å²) in [5, 5.41) is 8.91. The molecule has 1 aliphatic rings. The van der Waals surface area contributed by atoms with Gasteiger partial charge in [-0.15, -0.1) is 0 Å². The Labute approximate surface area is 140 Å². The number of fused-ring (bicyclic) bond motifs is 1. The normalized spacial score (nSPS) is 21.0. The third-order valence-electron chi connectivity index (χ3n) is 4.69. The lowest BCUT2D eigenvalue weighted by Gasteiger charge is -2.32. The molecule has 3 aromatic heterocycles. The van der Waals surface area contributed by atoms with Crippen LogP contribution in [0.3, 0.4) is 0 Å². The van der Waals surface area contributed by atoms with E-state index in [4.69, 9.17) is 4.74 Å². The van der Waals surface area contributed by atoms with Gasteiger partial charge in [-0.05, 0) is 31.0 Å². The highest BCUT2D eigenvalue weighted by molar-refractivity contribution is 5.90. The number of hydrogen-bond acceptors (Lipinski definition) is 5. The van der Waals surface area contributed by atoms with Crippen LogP contribution < -0.4 is 5.32 Å². The molecule has 4 rings (SSSR count). The van der Waals surface area contributed by atoms with Gasteiger partial charge in [-0.3, -0.25) is 14.6 Å². The van der Waals surface area contributed by atoms with Crippen LogP contribution in [-0.4, -0.2) is 32.9 Å². The molecular weight excluding hydrogens is 302 g/mol. The standard InChI is InChI=1S/C18H21N5O/c1-23-17(6-9-22-23)18-13(3-2-10-24-18)11-21-16-5-8-20-15-4-7-19-12-14(15)16/h4-9,12-13,18H,2-3,10-11H2,1H3,(H,20,21)/t13-,18+/m0/s1. The molecule has 1 fully saturated rings. The van der Waals surface area contributed by atoms with Gasteiger partial charge in [0.05, 0.1) is 11.2 Å². The van der Waals surface area contributed by atoms with E-state index in [0.29, 0.717) is 5.92 Å². The number of aromatic nitrogens is 4. The van der Waals surface area contributed by atoms with E-state index in [1.54, 1.807) is 6.20 Å². The maximum atomic E-state index is 6.07. The first kappa shape index (κ1) is 15.1. The molecule has 0 aliphatic carbocycles. The number of pyridine rings is 2. The molecule has 0 spiro atoms. The first-order valence-electron chi connectivity index (χ1n) is 8.35. The van der Waals surface area contributed by atoms with Crippen LogP contribution >= 0.6 is 0 Å². The van der Waals surface area contributed by atoms with Gasteiger partial charge in [0.25, 0.3) is 0 Å². The molecule has 0 amide bonds. The average Bonchev–Trinajstić information content (AvgIpc) is 3.06. The molecule has 124 valence electrons. The van der Waals surface area contributed by atoms with Crippen LogP contribution in [0.25, 0.3) is 10.9 Å². The molecule has 1 saturated heterocycles. The zero-order valence-corrected chi connectivity index (χ0v) is 13.7. The maximum absolute atomic E-state index is 6.07. The average molecular weight is 323 g/mol. The Bertz CT molecular complexity index is 826. The summed E-state index contributed by atoms with van der Waals surface area (Å²) in [6.07, 6.45) is 9.63. The molecule has 2 atom stereocenters. The van der Waals surface area contributed by atoms with Crippen LogP contribution in [0.1, 0.15) is 24.6 Å². The first-order valence-corrected chi connectivity index (χ1v) is 8.35. The fourth-order valence-electron chi connectivity index (χ4n) is 3.43. The van der Waals surface area contributed by atoms with Crippen molar-refractivity contribution in [2.24, 2.45) is 13.0 Å².